The molecular formula is C12H13ClN2S. The van der Waals surface area contributed by atoms with Crippen LogP contribution in [-0.2, 0) is 0 Å². The molecule has 0 aliphatic rings. The number of hydrogen-bond donors (Lipinski definition) is 1. The van der Waals surface area contributed by atoms with Crippen molar-refractivity contribution in [3.05, 3.63) is 39.7 Å². The molecule has 1 atom stereocenters. The molecule has 0 amide bonds. The molecule has 1 N–H and O–H groups in total. The van der Waals surface area contributed by atoms with Crippen LogP contribution in [0.3, 0.4) is 0 Å². The first kappa shape index (κ1) is 11.6. The summed E-state index contributed by atoms with van der Waals surface area (Å²) in [6, 6.07) is 8.06. The molecule has 2 aromatic rings. The van der Waals surface area contributed by atoms with Gasteiger partial charge in [0.25, 0.3) is 0 Å². The van der Waals surface area contributed by atoms with Gasteiger partial charge in [0.15, 0.2) is 0 Å². The van der Waals surface area contributed by atoms with E-state index in [0.717, 1.165) is 21.3 Å². The SMILES string of the molecule is CNC(C)c1nc(-c2cccc(Cl)c2)cs1. The molecule has 84 valence electrons. The fraction of sp³-hybridized carbons (Fsp3) is 0.250. The van der Waals surface area contributed by atoms with E-state index in [1.807, 2.05) is 31.3 Å². The van der Waals surface area contributed by atoms with Gasteiger partial charge in [0.2, 0.25) is 0 Å². The van der Waals surface area contributed by atoms with Gasteiger partial charge in [0.05, 0.1) is 11.7 Å². The summed E-state index contributed by atoms with van der Waals surface area (Å²) < 4.78 is 0. The van der Waals surface area contributed by atoms with Gasteiger partial charge in [-0.05, 0) is 26.1 Å². The molecule has 0 spiro atoms. The fourth-order valence-electron chi connectivity index (χ4n) is 1.39. The van der Waals surface area contributed by atoms with Crippen LogP contribution in [0.4, 0.5) is 0 Å². The lowest BCUT2D eigenvalue weighted by Crippen LogP contribution is -2.11. The predicted octanol–water partition coefficient (Wildman–Crippen LogP) is 3.74. The van der Waals surface area contributed by atoms with E-state index in [4.69, 9.17) is 11.6 Å². The summed E-state index contributed by atoms with van der Waals surface area (Å²) in [5, 5.41) is 7.08. The summed E-state index contributed by atoms with van der Waals surface area (Å²) in [7, 11) is 1.94. The van der Waals surface area contributed by atoms with Crippen molar-refractivity contribution in [2.45, 2.75) is 13.0 Å². The number of rotatable bonds is 3. The van der Waals surface area contributed by atoms with Gasteiger partial charge >= 0.3 is 0 Å². The minimum Gasteiger partial charge on any atom is -0.311 e. The van der Waals surface area contributed by atoms with E-state index in [0.29, 0.717) is 0 Å². The van der Waals surface area contributed by atoms with Crippen LogP contribution < -0.4 is 5.32 Å². The number of hydrogen-bond acceptors (Lipinski definition) is 3. The highest BCUT2D eigenvalue weighted by Crippen LogP contribution is 2.26. The molecule has 1 aromatic heterocycles. The van der Waals surface area contributed by atoms with Crippen LogP contribution in [-0.4, -0.2) is 12.0 Å². The second kappa shape index (κ2) is 4.95. The van der Waals surface area contributed by atoms with Crippen molar-refractivity contribution >= 4 is 22.9 Å². The average Bonchev–Trinajstić information content (AvgIpc) is 2.77. The highest BCUT2D eigenvalue weighted by atomic mass is 35.5. The molecule has 1 unspecified atom stereocenters. The van der Waals surface area contributed by atoms with Crippen LogP contribution >= 0.6 is 22.9 Å². The van der Waals surface area contributed by atoms with Gasteiger partial charge in [0, 0.05) is 16.0 Å². The number of benzene rings is 1. The maximum absolute atomic E-state index is 5.95. The third-order valence-electron chi connectivity index (χ3n) is 2.45. The lowest BCUT2D eigenvalue weighted by Gasteiger charge is -2.04. The van der Waals surface area contributed by atoms with Gasteiger partial charge in [-0.2, -0.15) is 0 Å². The van der Waals surface area contributed by atoms with Crippen LogP contribution in [0.25, 0.3) is 11.3 Å². The summed E-state index contributed by atoms with van der Waals surface area (Å²) >= 11 is 7.62. The Bertz CT molecular complexity index is 481. The highest BCUT2D eigenvalue weighted by molar-refractivity contribution is 7.10. The van der Waals surface area contributed by atoms with Crippen molar-refractivity contribution < 1.29 is 0 Å². The molecule has 1 aromatic carbocycles. The third-order valence-corrected chi connectivity index (χ3v) is 3.71. The number of halogens is 1. The Labute approximate surface area is 104 Å². The Balaban J connectivity index is 2.31. The number of nitrogens with zero attached hydrogens (tertiary/aromatic N) is 1. The monoisotopic (exact) mass is 252 g/mol. The summed E-state index contributed by atoms with van der Waals surface area (Å²) in [5.41, 5.74) is 2.06. The lowest BCUT2D eigenvalue weighted by atomic mass is 10.2. The Morgan fingerprint density at radius 1 is 1.44 bits per heavy atom. The number of nitrogens with one attached hydrogen (secondary N) is 1. The van der Waals surface area contributed by atoms with E-state index < -0.39 is 0 Å². The van der Waals surface area contributed by atoms with Gasteiger partial charge in [-0.15, -0.1) is 11.3 Å². The molecule has 2 nitrogen and oxygen atoms in total. The largest absolute Gasteiger partial charge is 0.311 e. The molecule has 16 heavy (non-hydrogen) atoms. The Kier molecular flexibility index (Phi) is 3.59. The second-order valence-corrected chi connectivity index (χ2v) is 4.92. The molecule has 0 radical (unpaired) electrons. The number of aromatic nitrogens is 1. The van der Waals surface area contributed by atoms with E-state index >= 15 is 0 Å². The predicted molar refractivity (Wildman–Crippen MR) is 70.0 cm³/mol. The maximum Gasteiger partial charge on any atom is 0.110 e. The number of thiazole rings is 1. The van der Waals surface area contributed by atoms with E-state index in [-0.39, 0.29) is 6.04 Å². The van der Waals surface area contributed by atoms with Crippen molar-refractivity contribution in [2.24, 2.45) is 0 Å². The Morgan fingerprint density at radius 2 is 2.25 bits per heavy atom. The van der Waals surface area contributed by atoms with Crippen LogP contribution in [0.1, 0.15) is 18.0 Å². The van der Waals surface area contributed by atoms with Crippen molar-refractivity contribution in [3.63, 3.8) is 0 Å². The van der Waals surface area contributed by atoms with Gasteiger partial charge < -0.3 is 5.32 Å². The Morgan fingerprint density at radius 3 is 2.94 bits per heavy atom. The average molecular weight is 253 g/mol. The summed E-state index contributed by atoms with van der Waals surface area (Å²) in [6.07, 6.45) is 0. The minimum atomic E-state index is 0.290. The van der Waals surface area contributed by atoms with Gasteiger partial charge in [-0.1, -0.05) is 23.7 Å². The third kappa shape index (κ3) is 2.43. The summed E-state index contributed by atoms with van der Waals surface area (Å²) in [5.74, 6) is 0. The van der Waals surface area contributed by atoms with E-state index in [9.17, 15) is 0 Å². The van der Waals surface area contributed by atoms with Crippen molar-refractivity contribution in [1.82, 2.24) is 10.3 Å². The first-order valence-corrected chi connectivity index (χ1v) is 6.35. The van der Waals surface area contributed by atoms with E-state index in [2.05, 4.69) is 22.6 Å². The van der Waals surface area contributed by atoms with Crippen LogP contribution in [0.5, 0.6) is 0 Å². The quantitative estimate of drug-likeness (QED) is 0.900. The normalized spacial score (nSPS) is 12.7. The molecule has 0 saturated carbocycles. The smallest absolute Gasteiger partial charge is 0.110 e. The van der Waals surface area contributed by atoms with Gasteiger partial charge in [-0.3, -0.25) is 0 Å². The lowest BCUT2D eigenvalue weighted by molar-refractivity contribution is 0.648. The second-order valence-electron chi connectivity index (χ2n) is 3.59. The molecule has 0 bridgehead atoms. The standard InChI is InChI=1S/C12H13ClN2S/c1-8(14-2)12-15-11(7-16-12)9-4-3-5-10(13)6-9/h3-8,14H,1-2H3. The zero-order valence-electron chi connectivity index (χ0n) is 9.20. The fourth-order valence-corrected chi connectivity index (χ4v) is 2.47. The molecule has 0 fully saturated rings. The molecule has 0 aliphatic carbocycles. The van der Waals surface area contributed by atoms with Gasteiger partial charge in [-0.25, -0.2) is 4.98 Å². The van der Waals surface area contributed by atoms with E-state index in [1.165, 1.54) is 0 Å². The minimum absolute atomic E-state index is 0.290. The molecule has 0 saturated heterocycles. The first-order valence-electron chi connectivity index (χ1n) is 5.09. The van der Waals surface area contributed by atoms with Crippen molar-refractivity contribution in [3.8, 4) is 11.3 Å². The highest BCUT2D eigenvalue weighted by Gasteiger charge is 2.09. The topological polar surface area (TPSA) is 24.9 Å². The summed E-state index contributed by atoms with van der Waals surface area (Å²) in [4.78, 5) is 4.59. The zero-order valence-corrected chi connectivity index (χ0v) is 10.8. The molecule has 1 heterocycles. The molecular weight excluding hydrogens is 240 g/mol. The maximum atomic E-state index is 5.95. The van der Waals surface area contributed by atoms with Crippen LogP contribution in [0.2, 0.25) is 5.02 Å². The zero-order chi connectivity index (χ0) is 11.5. The van der Waals surface area contributed by atoms with E-state index in [1.54, 1.807) is 11.3 Å². The van der Waals surface area contributed by atoms with Crippen molar-refractivity contribution in [1.29, 1.82) is 0 Å². The van der Waals surface area contributed by atoms with Crippen LogP contribution in [0, 0.1) is 0 Å². The van der Waals surface area contributed by atoms with Crippen molar-refractivity contribution in [2.75, 3.05) is 7.05 Å². The molecule has 2 rings (SSSR count). The first-order chi connectivity index (χ1) is 7.70. The summed E-state index contributed by atoms with van der Waals surface area (Å²) in [6.45, 7) is 2.10. The van der Waals surface area contributed by atoms with Crippen LogP contribution in [0.15, 0.2) is 29.6 Å². The van der Waals surface area contributed by atoms with Gasteiger partial charge in [0.1, 0.15) is 5.01 Å². The Hall–Kier alpha value is -0.900. The molecule has 0 aliphatic heterocycles. The molecule has 4 heteroatoms.